The summed E-state index contributed by atoms with van der Waals surface area (Å²) in [5.41, 5.74) is 0. The van der Waals surface area contributed by atoms with Crippen LogP contribution in [0, 0.1) is 22.0 Å². The molecule has 0 aromatic heterocycles. The molecule has 0 saturated carbocycles. The first-order chi connectivity index (χ1) is 10.7. The molecule has 0 aliphatic carbocycles. The third-order valence-corrected chi connectivity index (χ3v) is 3.39. The van der Waals surface area contributed by atoms with Gasteiger partial charge < -0.3 is 4.79 Å². The summed E-state index contributed by atoms with van der Waals surface area (Å²) in [6.45, 7) is 2.14. The molecule has 0 aromatic carbocycles. The molecule has 22 heavy (non-hydrogen) atoms. The van der Waals surface area contributed by atoms with E-state index >= 15 is 0 Å². The highest BCUT2D eigenvalue weighted by molar-refractivity contribution is 5.48. The largest absolute Gasteiger partial charge is 0.303 e. The Morgan fingerprint density at radius 3 is 2.41 bits per heavy atom. The van der Waals surface area contributed by atoms with Gasteiger partial charge in [-0.3, -0.25) is 10.1 Å². The smallest absolute Gasteiger partial charge is 0.290 e. The fourth-order valence-corrected chi connectivity index (χ4v) is 2.06. The summed E-state index contributed by atoms with van der Waals surface area (Å²) in [5, 5.41) is 10.9. The van der Waals surface area contributed by atoms with Gasteiger partial charge in [-0.05, 0) is 37.7 Å². The second-order valence-electron chi connectivity index (χ2n) is 5.45. The molecule has 0 heterocycles. The number of aldehydes is 1. The summed E-state index contributed by atoms with van der Waals surface area (Å²) < 4.78 is 0. The lowest BCUT2D eigenvalue weighted by Crippen LogP contribution is -2.13. The van der Waals surface area contributed by atoms with Gasteiger partial charge in [0.1, 0.15) is 6.29 Å². The molecule has 0 radical (unpaired) electrons. The number of allylic oxidation sites excluding steroid dienone is 1. The number of rotatable bonds is 13. The number of hydrogen-bond donors (Lipinski definition) is 0. The van der Waals surface area contributed by atoms with Crippen molar-refractivity contribution in [2.24, 2.45) is 0 Å². The first-order valence-electron chi connectivity index (χ1n) is 8.44. The molecule has 0 spiro atoms. The van der Waals surface area contributed by atoms with Crippen LogP contribution in [0.15, 0.2) is 12.2 Å². The Morgan fingerprint density at radius 1 is 1.05 bits per heavy atom. The van der Waals surface area contributed by atoms with Crippen molar-refractivity contribution in [2.75, 3.05) is 0 Å². The van der Waals surface area contributed by atoms with Crippen LogP contribution in [0.5, 0.6) is 0 Å². The Kier molecular flexibility index (Phi) is 14.6. The summed E-state index contributed by atoms with van der Waals surface area (Å²) in [7, 11) is 0. The Hall–Kier alpha value is -1.63. The molecule has 0 bridgehead atoms. The van der Waals surface area contributed by atoms with Gasteiger partial charge in [-0.25, -0.2) is 0 Å². The van der Waals surface area contributed by atoms with Gasteiger partial charge in [0.05, 0.1) is 0 Å². The summed E-state index contributed by atoms with van der Waals surface area (Å²) in [6.07, 6.45) is 15.3. The number of nitrogens with zero attached hydrogens (tertiary/aromatic N) is 1. The van der Waals surface area contributed by atoms with E-state index in [1.165, 1.54) is 0 Å². The first kappa shape index (κ1) is 20.4. The molecule has 0 aromatic rings. The highest BCUT2D eigenvalue weighted by Gasteiger charge is 2.10. The van der Waals surface area contributed by atoms with Crippen LogP contribution in [0.3, 0.4) is 0 Å². The van der Waals surface area contributed by atoms with Crippen molar-refractivity contribution in [3.63, 3.8) is 0 Å². The van der Waals surface area contributed by atoms with Crippen LogP contribution in [0.1, 0.15) is 77.6 Å². The van der Waals surface area contributed by atoms with E-state index < -0.39 is 6.04 Å². The van der Waals surface area contributed by atoms with E-state index in [0.717, 1.165) is 64.1 Å². The monoisotopic (exact) mass is 307 g/mol. The molecule has 1 unspecified atom stereocenters. The van der Waals surface area contributed by atoms with Crippen molar-refractivity contribution in [3.05, 3.63) is 22.3 Å². The standard InChI is InChI=1S/C18H29NO3/c1-2-3-4-9-12-15-18(19(21)22)16-13-10-7-5-6-8-11-14-17-20/h12,15,17-18H,2-11,14H2,1H3. The summed E-state index contributed by atoms with van der Waals surface area (Å²) in [6, 6.07) is -0.866. The van der Waals surface area contributed by atoms with Gasteiger partial charge in [0.15, 0.2) is 0 Å². The number of nitro groups is 1. The zero-order valence-corrected chi connectivity index (χ0v) is 13.8. The minimum absolute atomic E-state index is 0.331. The van der Waals surface area contributed by atoms with Gasteiger partial charge in [0, 0.05) is 17.8 Å². The average Bonchev–Trinajstić information content (AvgIpc) is 2.50. The van der Waals surface area contributed by atoms with Crippen LogP contribution in [-0.2, 0) is 4.79 Å². The molecule has 4 heteroatoms. The van der Waals surface area contributed by atoms with Crippen LogP contribution in [0.4, 0.5) is 0 Å². The van der Waals surface area contributed by atoms with Crippen LogP contribution in [-0.4, -0.2) is 17.3 Å². The maximum absolute atomic E-state index is 10.9. The quantitative estimate of drug-likeness (QED) is 0.124. The normalized spacial score (nSPS) is 11.9. The van der Waals surface area contributed by atoms with Crippen molar-refractivity contribution in [1.29, 1.82) is 0 Å². The SMILES string of the molecule is CCCCCC=CC(C#CCCCCCCCC=O)[N+](=O)[O-]. The van der Waals surface area contributed by atoms with Gasteiger partial charge in [-0.1, -0.05) is 51.0 Å². The van der Waals surface area contributed by atoms with Crippen LogP contribution in [0.2, 0.25) is 0 Å². The van der Waals surface area contributed by atoms with E-state index in [4.69, 9.17) is 0 Å². The molecule has 0 saturated heterocycles. The van der Waals surface area contributed by atoms with Gasteiger partial charge in [-0.15, -0.1) is 0 Å². The summed E-state index contributed by atoms with van der Waals surface area (Å²) in [4.78, 5) is 20.7. The van der Waals surface area contributed by atoms with E-state index in [0.29, 0.717) is 12.8 Å². The lowest BCUT2D eigenvalue weighted by molar-refractivity contribution is -0.493. The maximum Gasteiger partial charge on any atom is 0.290 e. The Balaban J connectivity index is 3.84. The average molecular weight is 307 g/mol. The molecule has 0 N–H and O–H groups in total. The van der Waals surface area contributed by atoms with Crippen LogP contribution < -0.4 is 0 Å². The van der Waals surface area contributed by atoms with Crippen LogP contribution >= 0.6 is 0 Å². The first-order valence-corrected chi connectivity index (χ1v) is 8.44. The maximum atomic E-state index is 10.9. The third-order valence-electron chi connectivity index (χ3n) is 3.39. The second kappa shape index (κ2) is 15.8. The second-order valence-corrected chi connectivity index (χ2v) is 5.45. The molecule has 4 nitrogen and oxygen atoms in total. The molecule has 124 valence electrons. The number of carbonyl (C=O) groups is 1. The predicted molar refractivity (Wildman–Crippen MR) is 90.2 cm³/mol. The molecule has 1 atom stereocenters. The van der Waals surface area contributed by atoms with E-state index in [1.54, 1.807) is 6.08 Å². The minimum Gasteiger partial charge on any atom is -0.303 e. The van der Waals surface area contributed by atoms with E-state index in [1.807, 2.05) is 6.08 Å². The number of unbranched alkanes of at least 4 members (excludes halogenated alkanes) is 9. The third kappa shape index (κ3) is 13.4. The minimum atomic E-state index is -0.866. The molecule has 0 amide bonds. The van der Waals surface area contributed by atoms with Gasteiger partial charge in [-0.2, -0.15) is 0 Å². The van der Waals surface area contributed by atoms with E-state index in [2.05, 4.69) is 18.8 Å². The molecule has 0 rings (SSSR count). The van der Waals surface area contributed by atoms with Crippen molar-refractivity contribution < 1.29 is 9.72 Å². The van der Waals surface area contributed by atoms with Crippen molar-refractivity contribution in [2.45, 2.75) is 83.6 Å². The number of carbonyl (C=O) groups excluding carboxylic acids is 1. The lowest BCUT2D eigenvalue weighted by Gasteiger charge is -1.97. The van der Waals surface area contributed by atoms with Gasteiger partial charge >= 0.3 is 0 Å². The van der Waals surface area contributed by atoms with Crippen molar-refractivity contribution in [3.8, 4) is 11.8 Å². The Morgan fingerprint density at radius 2 is 1.73 bits per heavy atom. The van der Waals surface area contributed by atoms with E-state index in [-0.39, 0.29) is 4.92 Å². The van der Waals surface area contributed by atoms with Crippen molar-refractivity contribution in [1.82, 2.24) is 0 Å². The van der Waals surface area contributed by atoms with Crippen molar-refractivity contribution >= 4 is 6.29 Å². The topological polar surface area (TPSA) is 60.2 Å². The highest BCUT2D eigenvalue weighted by atomic mass is 16.6. The zero-order chi connectivity index (χ0) is 16.5. The van der Waals surface area contributed by atoms with E-state index in [9.17, 15) is 14.9 Å². The van der Waals surface area contributed by atoms with Gasteiger partial charge in [0.25, 0.3) is 6.04 Å². The Bertz CT molecular complexity index is 380. The fraction of sp³-hybridized carbons (Fsp3) is 0.722. The molecular weight excluding hydrogens is 278 g/mol. The molecule has 0 fully saturated rings. The zero-order valence-electron chi connectivity index (χ0n) is 13.8. The molecule has 0 aliphatic rings. The predicted octanol–water partition coefficient (Wildman–Crippen LogP) is 4.70. The fourth-order valence-electron chi connectivity index (χ4n) is 2.06. The van der Waals surface area contributed by atoms with Gasteiger partial charge in [0.2, 0.25) is 0 Å². The summed E-state index contributed by atoms with van der Waals surface area (Å²) in [5.74, 6) is 5.66. The summed E-state index contributed by atoms with van der Waals surface area (Å²) >= 11 is 0. The molecule has 0 aliphatic heterocycles. The lowest BCUT2D eigenvalue weighted by atomic mass is 10.1. The highest BCUT2D eigenvalue weighted by Crippen LogP contribution is 2.06. The van der Waals surface area contributed by atoms with Crippen LogP contribution in [0.25, 0.3) is 0 Å². The molecular formula is C18H29NO3. The number of hydrogen-bond acceptors (Lipinski definition) is 3. The Labute approximate surface area is 134 Å².